The van der Waals surface area contributed by atoms with Crippen molar-refractivity contribution in [3.63, 3.8) is 0 Å². The van der Waals surface area contributed by atoms with Crippen molar-refractivity contribution in [3.05, 3.63) is 29.8 Å². The van der Waals surface area contributed by atoms with Gasteiger partial charge in [-0.2, -0.15) is 0 Å². The topological polar surface area (TPSA) is 49.8 Å². The van der Waals surface area contributed by atoms with Crippen LogP contribution in [0.1, 0.15) is 19.4 Å². The van der Waals surface area contributed by atoms with Crippen molar-refractivity contribution in [2.75, 3.05) is 20.2 Å². The van der Waals surface area contributed by atoms with E-state index in [1.54, 1.807) is 7.11 Å². The van der Waals surface area contributed by atoms with Gasteiger partial charge in [-0.15, -0.1) is 0 Å². The molecule has 0 heterocycles. The van der Waals surface area contributed by atoms with Crippen LogP contribution in [0.15, 0.2) is 24.3 Å². The lowest BCUT2D eigenvalue weighted by Gasteiger charge is -2.26. The minimum absolute atomic E-state index is 0.459. The second kappa shape index (κ2) is 7.01. The van der Waals surface area contributed by atoms with E-state index in [0.717, 1.165) is 24.4 Å². The Balaban J connectivity index is 2.93. The molecule has 1 aromatic carbocycles. The summed E-state index contributed by atoms with van der Waals surface area (Å²) in [7, 11) is 1.60. The maximum Gasteiger partial charge on any atom is 0.321 e. The number of ether oxygens (including phenoxy) is 1. The van der Waals surface area contributed by atoms with Gasteiger partial charge >= 0.3 is 5.97 Å². The summed E-state index contributed by atoms with van der Waals surface area (Å²) in [6, 6.07) is 7.06. The summed E-state index contributed by atoms with van der Waals surface area (Å²) in [6.45, 7) is 5.40. The van der Waals surface area contributed by atoms with Crippen LogP contribution in [-0.2, 0) is 11.2 Å². The number of carbonyl (C=O) groups is 1. The van der Waals surface area contributed by atoms with Gasteiger partial charge in [-0.05, 0) is 24.7 Å². The van der Waals surface area contributed by atoms with Gasteiger partial charge in [-0.1, -0.05) is 32.0 Å². The first-order valence-electron chi connectivity index (χ1n) is 6.22. The van der Waals surface area contributed by atoms with Gasteiger partial charge in [0.05, 0.1) is 7.11 Å². The van der Waals surface area contributed by atoms with Crippen molar-refractivity contribution in [2.45, 2.75) is 26.3 Å². The molecule has 4 nitrogen and oxygen atoms in total. The minimum Gasteiger partial charge on any atom is -0.496 e. The van der Waals surface area contributed by atoms with Gasteiger partial charge in [0, 0.05) is 6.42 Å². The molecule has 100 valence electrons. The predicted octanol–water partition coefficient (Wildman–Crippen LogP) is 2.03. The van der Waals surface area contributed by atoms with Gasteiger partial charge in [0.25, 0.3) is 0 Å². The molecule has 0 aliphatic carbocycles. The molecule has 0 bridgehead atoms. The van der Waals surface area contributed by atoms with E-state index in [-0.39, 0.29) is 0 Å². The van der Waals surface area contributed by atoms with E-state index in [9.17, 15) is 9.90 Å². The number of likely N-dealkylation sites (N-methyl/N-ethyl adjacent to an activating group) is 1. The maximum absolute atomic E-state index is 11.4. The van der Waals surface area contributed by atoms with Crippen molar-refractivity contribution in [1.82, 2.24) is 4.90 Å². The highest BCUT2D eigenvalue weighted by Gasteiger charge is 2.24. The third kappa shape index (κ3) is 3.47. The number of methoxy groups -OCH3 is 1. The summed E-state index contributed by atoms with van der Waals surface area (Å²) >= 11 is 0. The molecule has 4 heteroatoms. The number of para-hydroxylation sites is 1. The number of nitrogens with zero attached hydrogens (tertiary/aromatic N) is 1. The highest BCUT2D eigenvalue weighted by molar-refractivity contribution is 5.74. The Bertz CT molecular complexity index is 388. The molecule has 0 saturated heterocycles. The molecule has 18 heavy (non-hydrogen) atoms. The Morgan fingerprint density at radius 2 is 1.94 bits per heavy atom. The number of hydrogen-bond acceptors (Lipinski definition) is 3. The van der Waals surface area contributed by atoms with E-state index in [1.807, 2.05) is 43.0 Å². The van der Waals surface area contributed by atoms with E-state index >= 15 is 0 Å². The van der Waals surface area contributed by atoms with Crippen LogP contribution >= 0.6 is 0 Å². The van der Waals surface area contributed by atoms with Crippen LogP contribution in [0.25, 0.3) is 0 Å². The molecular weight excluding hydrogens is 230 g/mol. The molecule has 0 aliphatic rings. The summed E-state index contributed by atoms with van der Waals surface area (Å²) in [5, 5.41) is 9.35. The average molecular weight is 251 g/mol. The quantitative estimate of drug-likeness (QED) is 0.805. The van der Waals surface area contributed by atoms with Crippen LogP contribution in [0.5, 0.6) is 5.75 Å². The van der Waals surface area contributed by atoms with Crippen molar-refractivity contribution in [2.24, 2.45) is 0 Å². The van der Waals surface area contributed by atoms with E-state index < -0.39 is 12.0 Å². The normalized spacial score (nSPS) is 12.4. The summed E-state index contributed by atoms with van der Waals surface area (Å²) in [5.41, 5.74) is 0.930. The van der Waals surface area contributed by atoms with Crippen LogP contribution in [0.4, 0.5) is 0 Å². The van der Waals surface area contributed by atoms with Gasteiger partial charge in [-0.25, -0.2) is 0 Å². The van der Waals surface area contributed by atoms with Gasteiger partial charge in [0.1, 0.15) is 11.8 Å². The summed E-state index contributed by atoms with van der Waals surface area (Å²) in [6.07, 6.45) is 0.459. The van der Waals surface area contributed by atoms with Crippen LogP contribution in [-0.4, -0.2) is 42.2 Å². The first kappa shape index (κ1) is 14.5. The van der Waals surface area contributed by atoms with Gasteiger partial charge < -0.3 is 9.84 Å². The molecular formula is C14H21NO3. The first-order valence-corrected chi connectivity index (χ1v) is 6.22. The molecule has 0 spiro atoms. The molecule has 0 fully saturated rings. The lowest BCUT2D eigenvalue weighted by Crippen LogP contribution is -2.42. The number of carboxylic acid groups (broad SMARTS) is 1. The SMILES string of the molecule is CCN(CC)C(Cc1ccccc1OC)C(=O)O. The van der Waals surface area contributed by atoms with E-state index in [4.69, 9.17) is 4.74 Å². The predicted molar refractivity (Wildman–Crippen MR) is 71.0 cm³/mol. The zero-order valence-corrected chi connectivity index (χ0v) is 11.2. The summed E-state index contributed by atoms with van der Waals surface area (Å²) < 4.78 is 5.26. The summed E-state index contributed by atoms with van der Waals surface area (Å²) in [5.74, 6) is -0.0412. The Kier molecular flexibility index (Phi) is 5.65. The molecule has 1 rings (SSSR count). The van der Waals surface area contributed by atoms with Crippen molar-refractivity contribution in [3.8, 4) is 5.75 Å². The minimum atomic E-state index is -0.787. The molecule has 1 atom stereocenters. The smallest absolute Gasteiger partial charge is 0.321 e. The largest absolute Gasteiger partial charge is 0.496 e. The molecule has 1 aromatic rings. The number of rotatable bonds is 7. The standard InChI is InChI=1S/C14H21NO3/c1-4-15(5-2)12(14(16)17)10-11-8-6-7-9-13(11)18-3/h6-9,12H,4-5,10H2,1-3H3,(H,16,17). The number of hydrogen-bond donors (Lipinski definition) is 1. The number of aliphatic carboxylic acids is 1. The van der Waals surface area contributed by atoms with E-state index in [1.165, 1.54) is 0 Å². The Morgan fingerprint density at radius 1 is 1.33 bits per heavy atom. The number of carboxylic acids is 1. The fraction of sp³-hybridized carbons (Fsp3) is 0.500. The fourth-order valence-electron chi connectivity index (χ4n) is 2.12. The lowest BCUT2D eigenvalue weighted by molar-refractivity contribution is -0.143. The van der Waals surface area contributed by atoms with Crippen molar-refractivity contribution < 1.29 is 14.6 Å². The molecule has 0 aromatic heterocycles. The molecule has 0 saturated carbocycles. The Hall–Kier alpha value is -1.55. The second-order valence-electron chi connectivity index (χ2n) is 4.09. The van der Waals surface area contributed by atoms with Gasteiger partial charge in [0.15, 0.2) is 0 Å². The molecule has 0 amide bonds. The van der Waals surface area contributed by atoms with Crippen LogP contribution in [0, 0.1) is 0 Å². The zero-order valence-electron chi connectivity index (χ0n) is 11.2. The highest BCUT2D eigenvalue weighted by atomic mass is 16.5. The van der Waals surface area contributed by atoms with Crippen molar-refractivity contribution >= 4 is 5.97 Å². The van der Waals surface area contributed by atoms with E-state index in [2.05, 4.69) is 0 Å². The third-order valence-corrected chi connectivity index (χ3v) is 3.14. The average Bonchev–Trinajstić information content (AvgIpc) is 2.39. The molecule has 0 radical (unpaired) electrons. The van der Waals surface area contributed by atoms with Crippen LogP contribution in [0.3, 0.4) is 0 Å². The summed E-state index contributed by atoms with van der Waals surface area (Å²) in [4.78, 5) is 13.3. The molecule has 1 N–H and O–H groups in total. The van der Waals surface area contributed by atoms with Gasteiger partial charge in [-0.3, -0.25) is 9.69 Å². The Morgan fingerprint density at radius 3 is 2.44 bits per heavy atom. The lowest BCUT2D eigenvalue weighted by atomic mass is 10.0. The van der Waals surface area contributed by atoms with E-state index in [0.29, 0.717) is 6.42 Å². The zero-order chi connectivity index (χ0) is 13.5. The number of benzene rings is 1. The Labute approximate surface area is 108 Å². The third-order valence-electron chi connectivity index (χ3n) is 3.14. The molecule has 1 unspecified atom stereocenters. The maximum atomic E-state index is 11.4. The highest BCUT2D eigenvalue weighted by Crippen LogP contribution is 2.20. The monoisotopic (exact) mass is 251 g/mol. The molecule has 0 aliphatic heterocycles. The van der Waals surface area contributed by atoms with Gasteiger partial charge in [0.2, 0.25) is 0 Å². The first-order chi connectivity index (χ1) is 8.63. The van der Waals surface area contributed by atoms with Crippen molar-refractivity contribution in [1.29, 1.82) is 0 Å². The van der Waals surface area contributed by atoms with Crippen LogP contribution < -0.4 is 4.74 Å². The van der Waals surface area contributed by atoms with Crippen LogP contribution in [0.2, 0.25) is 0 Å². The second-order valence-corrected chi connectivity index (χ2v) is 4.09. The fourth-order valence-corrected chi connectivity index (χ4v) is 2.12.